The number of fused-ring (bicyclic) bond motifs is 1. The molecule has 1 unspecified atom stereocenters. The average molecular weight is 275 g/mol. The highest BCUT2D eigenvalue weighted by atomic mass is 16.4. The fourth-order valence-electron chi connectivity index (χ4n) is 1.99. The zero-order valence-corrected chi connectivity index (χ0v) is 12.1. The van der Waals surface area contributed by atoms with Gasteiger partial charge in [-0.05, 0) is 42.1 Å². The number of carboxylic acid groups (broad SMARTS) is 1. The first-order valence-corrected chi connectivity index (χ1v) is 6.94. The van der Waals surface area contributed by atoms with Crippen molar-refractivity contribution in [3.05, 3.63) is 35.6 Å². The second kappa shape index (κ2) is 6.09. The van der Waals surface area contributed by atoms with Gasteiger partial charge in [-0.1, -0.05) is 26.8 Å². The van der Waals surface area contributed by atoms with E-state index in [0.717, 1.165) is 24.0 Å². The maximum Gasteiger partial charge on any atom is 0.371 e. The van der Waals surface area contributed by atoms with Crippen LogP contribution in [0.15, 0.2) is 28.7 Å². The molecule has 20 heavy (non-hydrogen) atoms. The van der Waals surface area contributed by atoms with Crippen LogP contribution in [0, 0.1) is 11.8 Å². The molecule has 1 atom stereocenters. The van der Waals surface area contributed by atoms with Gasteiger partial charge in [0.25, 0.3) is 0 Å². The Morgan fingerprint density at radius 3 is 2.70 bits per heavy atom. The number of rotatable bonds is 6. The number of hydrogen-bond donors (Lipinski definition) is 2. The molecule has 4 nitrogen and oxygen atoms in total. The monoisotopic (exact) mass is 275 g/mol. The smallest absolute Gasteiger partial charge is 0.371 e. The Morgan fingerprint density at radius 1 is 1.30 bits per heavy atom. The summed E-state index contributed by atoms with van der Waals surface area (Å²) in [6.45, 7) is 8.42. The molecule has 0 amide bonds. The van der Waals surface area contributed by atoms with E-state index < -0.39 is 5.97 Å². The van der Waals surface area contributed by atoms with Crippen LogP contribution in [0.3, 0.4) is 0 Å². The number of carbonyl (C=O) groups is 1. The minimum absolute atomic E-state index is 0.0152. The maximum absolute atomic E-state index is 10.9. The first-order chi connectivity index (χ1) is 9.47. The molecule has 2 rings (SSSR count). The highest BCUT2D eigenvalue weighted by Gasteiger charge is 2.11. The van der Waals surface area contributed by atoms with Gasteiger partial charge in [0.1, 0.15) is 5.58 Å². The topological polar surface area (TPSA) is 62.5 Å². The molecule has 0 fully saturated rings. The van der Waals surface area contributed by atoms with E-state index in [1.54, 1.807) is 6.07 Å². The zero-order chi connectivity index (χ0) is 14.7. The van der Waals surface area contributed by atoms with Crippen molar-refractivity contribution in [2.45, 2.75) is 27.3 Å². The van der Waals surface area contributed by atoms with Gasteiger partial charge in [-0.3, -0.25) is 0 Å². The Kier molecular flexibility index (Phi) is 4.45. The molecule has 1 aromatic carbocycles. The number of benzene rings is 1. The van der Waals surface area contributed by atoms with E-state index in [-0.39, 0.29) is 5.76 Å². The number of aromatic carboxylic acids is 1. The third-order valence-electron chi connectivity index (χ3n) is 3.73. The van der Waals surface area contributed by atoms with E-state index in [4.69, 9.17) is 9.52 Å². The minimum atomic E-state index is -1.04. The van der Waals surface area contributed by atoms with Gasteiger partial charge in [-0.25, -0.2) is 4.79 Å². The largest absolute Gasteiger partial charge is 0.475 e. The van der Waals surface area contributed by atoms with Crippen molar-refractivity contribution in [2.24, 2.45) is 11.8 Å². The molecule has 2 N–H and O–H groups in total. The molecule has 0 aliphatic carbocycles. The second-order valence-electron chi connectivity index (χ2n) is 5.64. The van der Waals surface area contributed by atoms with Crippen LogP contribution in [0.1, 0.15) is 36.9 Å². The zero-order valence-electron chi connectivity index (χ0n) is 12.1. The van der Waals surface area contributed by atoms with Crippen molar-refractivity contribution in [2.75, 3.05) is 6.54 Å². The van der Waals surface area contributed by atoms with Crippen LogP contribution in [0.4, 0.5) is 0 Å². The predicted molar refractivity (Wildman–Crippen MR) is 78.9 cm³/mol. The van der Waals surface area contributed by atoms with Gasteiger partial charge in [0.15, 0.2) is 0 Å². The third-order valence-corrected chi connectivity index (χ3v) is 3.73. The number of carboxylic acids is 1. The molecule has 0 aliphatic rings. The average Bonchev–Trinajstić information content (AvgIpc) is 2.81. The lowest BCUT2D eigenvalue weighted by Crippen LogP contribution is -2.23. The summed E-state index contributed by atoms with van der Waals surface area (Å²) in [5.41, 5.74) is 1.74. The summed E-state index contributed by atoms with van der Waals surface area (Å²) in [4.78, 5) is 10.9. The van der Waals surface area contributed by atoms with Gasteiger partial charge in [0.2, 0.25) is 5.76 Å². The quantitative estimate of drug-likeness (QED) is 0.846. The Hall–Kier alpha value is -1.81. The van der Waals surface area contributed by atoms with Crippen molar-refractivity contribution in [3.63, 3.8) is 0 Å². The molecule has 2 aromatic rings. The van der Waals surface area contributed by atoms with Crippen LogP contribution in [-0.4, -0.2) is 17.6 Å². The maximum atomic E-state index is 10.9. The van der Waals surface area contributed by atoms with Crippen LogP contribution in [0.25, 0.3) is 11.0 Å². The summed E-state index contributed by atoms with van der Waals surface area (Å²) < 4.78 is 5.24. The van der Waals surface area contributed by atoms with Crippen molar-refractivity contribution in [1.29, 1.82) is 0 Å². The Balaban J connectivity index is 2.02. The fraction of sp³-hybridized carbons (Fsp3) is 0.438. The molecule has 0 saturated heterocycles. The summed E-state index contributed by atoms with van der Waals surface area (Å²) >= 11 is 0. The summed E-state index contributed by atoms with van der Waals surface area (Å²) in [6.07, 6.45) is 0. The molecule has 0 radical (unpaired) electrons. The van der Waals surface area contributed by atoms with Gasteiger partial charge in [-0.15, -0.1) is 0 Å². The summed E-state index contributed by atoms with van der Waals surface area (Å²) in [7, 11) is 0. The Labute approximate surface area is 118 Å². The van der Waals surface area contributed by atoms with Crippen LogP contribution in [0.2, 0.25) is 0 Å². The highest BCUT2D eigenvalue weighted by Crippen LogP contribution is 2.21. The molecule has 4 heteroatoms. The van der Waals surface area contributed by atoms with E-state index in [1.807, 2.05) is 18.2 Å². The van der Waals surface area contributed by atoms with Gasteiger partial charge in [0, 0.05) is 11.9 Å². The van der Waals surface area contributed by atoms with E-state index in [2.05, 4.69) is 26.1 Å². The van der Waals surface area contributed by atoms with E-state index in [0.29, 0.717) is 17.4 Å². The van der Waals surface area contributed by atoms with E-state index in [1.165, 1.54) is 0 Å². The molecule has 0 aliphatic heterocycles. The normalized spacial score (nSPS) is 13.0. The minimum Gasteiger partial charge on any atom is -0.475 e. The molecule has 0 spiro atoms. The molecule has 0 saturated carbocycles. The number of furan rings is 1. The first kappa shape index (κ1) is 14.6. The summed E-state index contributed by atoms with van der Waals surface area (Å²) in [5.74, 6) is 0.244. The lowest BCUT2D eigenvalue weighted by atomic mass is 9.98. The second-order valence-corrected chi connectivity index (χ2v) is 5.64. The van der Waals surface area contributed by atoms with Crippen molar-refractivity contribution < 1.29 is 14.3 Å². The number of nitrogens with one attached hydrogen (secondary N) is 1. The van der Waals surface area contributed by atoms with Crippen molar-refractivity contribution >= 4 is 16.9 Å². The van der Waals surface area contributed by atoms with E-state index >= 15 is 0 Å². The van der Waals surface area contributed by atoms with Crippen molar-refractivity contribution in [3.8, 4) is 0 Å². The van der Waals surface area contributed by atoms with Gasteiger partial charge in [0.05, 0.1) is 0 Å². The molecule has 108 valence electrons. The third kappa shape index (κ3) is 3.39. The number of hydrogen-bond acceptors (Lipinski definition) is 3. The van der Waals surface area contributed by atoms with Gasteiger partial charge < -0.3 is 14.8 Å². The van der Waals surface area contributed by atoms with Crippen LogP contribution in [-0.2, 0) is 6.54 Å². The summed E-state index contributed by atoms with van der Waals surface area (Å²) in [5, 5.41) is 13.2. The van der Waals surface area contributed by atoms with Crippen LogP contribution >= 0.6 is 0 Å². The first-order valence-electron chi connectivity index (χ1n) is 6.94. The van der Waals surface area contributed by atoms with Gasteiger partial charge >= 0.3 is 5.97 Å². The Morgan fingerprint density at radius 2 is 2.05 bits per heavy atom. The molecule has 1 aromatic heterocycles. The van der Waals surface area contributed by atoms with Crippen molar-refractivity contribution in [1.82, 2.24) is 5.32 Å². The summed E-state index contributed by atoms with van der Waals surface area (Å²) in [6, 6.07) is 7.32. The highest BCUT2D eigenvalue weighted by molar-refractivity contribution is 5.91. The van der Waals surface area contributed by atoms with Gasteiger partial charge in [-0.2, -0.15) is 0 Å². The fourth-order valence-corrected chi connectivity index (χ4v) is 1.99. The predicted octanol–water partition coefficient (Wildman–Crippen LogP) is 3.51. The van der Waals surface area contributed by atoms with Crippen LogP contribution < -0.4 is 5.32 Å². The molecular weight excluding hydrogens is 254 g/mol. The molecule has 1 heterocycles. The lowest BCUT2D eigenvalue weighted by Gasteiger charge is -2.16. The van der Waals surface area contributed by atoms with E-state index in [9.17, 15) is 4.79 Å². The Bertz CT molecular complexity index is 601. The SMILES string of the molecule is CC(C)C(C)CNCc1ccc2oc(C(=O)O)cc2c1. The van der Waals surface area contributed by atoms with Crippen LogP contribution in [0.5, 0.6) is 0 Å². The standard InChI is InChI=1S/C16H21NO3/c1-10(2)11(3)8-17-9-12-4-5-14-13(6-12)7-15(20-14)16(18)19/h4-7,10-11,17H,8-9H2,1-3H3,(H,18,19). The molecule has 0 bridgehead atoms. The lowest BCUT2D eigenvalue weighted by molar-refractivity contribution is 0.0665. The molecular formula is C16H21NO3.